The summed E-state index contributed by atoms with van der Waals surface area (Å²) in [5, 5.41) is 9.13. The molecule has 0 atom stereocenters. The molecule has 0 aliphatic rings. The lowest BCUT2D eigenvalue weighted by Crippen LogP contribution is -2.06. The number of hydrogen-bond acceptors (Lipinski definition) is 5. The topological polar surface area (TPSA) is 66.2 Å². The molecule has 0 amide bonds. The molecule has 4 rings (SSSR count). The second-order valence-electron chi connectivity index (χ2n) is 7.24. The van der Waals surface area contributed by atoms with Gasteiger partial charge in [0.25, 0.3) is 5.88 Å². The average Bonchev–Trinajstić information content (AvgIpc) is 3.04. The van der Waals surface area contributed by atoms with Crippen molar-refractivity contribution in [1.82, 2.24) is 14.8 Å². The van der Waals surface area contributed by atoms with E-state index in [1.165, 1.54) is 19.1 Å². The van der Waals surface area contributed by atoms with Crippen LogP contribution in [0.5, 0.6) is 5.88 Å². The minimum Gasteiger partial charge on any atom is -0.470 e. The lowest BCUT2D eigenvalue weighted by molar-refractivity contribution is -0.142. The quantitative estimate of drug-likeness (QED) is 0.411. The Morgan fingerprint density at radius 2 is 1.77 bits per heavy atom. The van der Waals surface area contributed by atoms with Gasteiger partial charge in [0, 0.05) is 30.1 Å². The highest BCUT2D eigenvalue weighted by atomic mass is 19.1. The largest absolute Gasteiger partial charge is 0.470 e. The number of aromatic nitrogens is 3. The van der Waals surface area contributed by atoms with E-state index in [4.69, 9.17) is 9.47 Å². The second kappa shape index (κ2) is 8.95. The van der Waals surface area contributed by atoms with Crippen molar-refractivity contribution in [2.45, 2.75) is 33.6 Å². The molecule has 2 aromatic carbocycles. The zero-order valence-electron chi connectivity index (χ0n) is 17.3. The van der Waals surface area contributed by atoms with Crippen molar-refractivity contribution in [1.29, 1.82) is 0 Å². The van der Waals surface area contributed by atoms with Gasteiger partial charge in [-0.3, -0.25) is 4.79 Å². The Bertz CT molecular complexity index is 1200. The summed E-state index contributed by atoms with van der Waals surface area (Å²) >= 11 is 0. The number of fused-ring (bicyclic) bond motifs is 1. The molecule has 6 nitrogen and oxygen atoms in total. The van der Waals surface area contributed by atoms with Crippen LogP contribution in [0.25, 0.3) is 10.9 Å². The van der Waals surface area contributed by atoms with Crippen LogP contribution in [0.1, 0.15) is 29.3 Å². The van der Waals surface area contributed by atoms with Gasteiger partial charge in [-0.25, -0.2) is 4.39 Å². The molecular weight excluding hydrogens is 397 g/mol. The van der Waals surface area contributed by atoms with Gasteiger partial charge in [0.15, 0.2) is 0 Å². The van der Waals surface area contributed by atoms with Gasteiger partial charge in [-0.15, -0.1) is 5.10 Å². The Morgan fingerprint density at radius 3 is 2.48 bits per heavy atom. The number of carbonyl (C=O) groups excluding carboxylic acids is 1. The van der Waals surface area contributed by atoms with E-state index in [9.17, 15) is 9.18 Å². The van der Waals surface area contributed by atoms with Gasteiger partial charge in [0.2, 0.25) is 0 Å². The lowest BCUT2D eigenvalue weighted by atomic mass is 10.2. The van der Waals surface area contributed by atoms with Gasteiger partial charge >= 0.3 is 5.97 Å². The van der Waals surface area contributed by atoms with Crippen LogP contribution >= 0.6 is 0 Å². The van der Waals surface area contributed by atoms with Crippen molar-refractivity contribution in [3.8, 4) is 5.88 Å². The third-order valence-electron chi connectivity index (χ3n) is 5.12. The second-order valence-corrected chi connectivity index (χ2v) is 7.24. The first-order chi connectivity index (χ1) is 15.0. The van der Waals surface area contributed by atoms with Crippen LogP contribution in [0, 0.1) is 12.7 Å². The van der Waals surface area contributed by atoms with Crippen LogP contribution < -0.4 is 4.74 Å². The monoisotopic (exact) mass is 419 g/mol. The van der Waals surface area contributed by atoms with E-state index in [0.717, 1.165) is 33.3 Å². The van der Waals surface area contributed by atoms with Crippen LogP contribution in [0.15, 0.2) is 60.8 Å². The number of carbonyl (C=O) groups is 1. The van der Waals surface area contributed by atoms with Crippen molar-refractivity contribution in [2.75, 3.05) is 0 Å². The summed E-state index contributed by atoms with van der Waals surface area (Å²) in [7, 11) is 0. The fourth-order valence-electron chi connectivity index (χ4n) is 3.52. The summed E-state index contributed by atoms with van der Waals surface area (Å²) < 4.78 is 26.6. The Labute approximate surface area is 179 Å². The molecule has 7 heteroatoms. The van der Waals surface area contributed by atoms with Gasteiger partial charge in [0.05, 0.1) is 6.20 Å². The standard InChI is InChI=1S/C24H22FN3O3/c1-16-22(15-30-17(2)29)21-12-26-27-24(31-14-19-8-10-20(25)11-9-19)23(21)28(16)13-18-6-4-3-5-7-18/h3-12H,13-15H2,1-2H3. The lowest BCUT2D eigenvalue weighted by Gasteiger charge is -2.12. The first-order valence-electron chi connectivity index (χ1n) is 9.91. The maximum absolute atomic E-state index is 13.2. The number of esters is 1. The maximum atomic E-state index is 13.2. The fraction of sp³-hybridized carbons (Fsp3) is 0.208. The van der Waals surface area contributed by atoms with Gasteiger partial charge < -0.3 is 14.0 Å². The number of nitrogens with zero attached hydrogens (tertiary/aromatic N) is 3. The zero-order valence-corrected chi connectivity index (χ0v) is 17.3. The first-order valence-corrected chi connectivity index (χ1v) is 9.91. The molecule has 0 bridgehead atoms. The van der Waals surface area contributed by atoms with Gasteiger partial charge in [-0.2, -0.15) is 5.10 Å². The van der Waals surface area contributed by atoms with Crippen molar-refractivity contribution >= 4 is 16.9 Å². The summed E-state index contributed by atoms with van der Waals surface area (Å²) in [6.07, 6.45) is 1.66. The predicted molar refractivity (Wildman–Crippen MR) is 114 cm³/mol. The van der Waals surface area contributed by atoms with Crippen molar-refractivity contribution in [3.05, 3.63) is 89.0 Å². The van der Waals surface area contributed by atoms with Crippen LogP contribution in [-0.2, 0) is 29.3 Å². The highest BCUT2D eigenvalue weighted by molar-refractivity contribution is 5.88. The van der Waals surface area contributed by atoms with Crippen molar-refractivity contribution in [3.63, 3.8) is 0 Å². The minimum atomic E-state index is -0.349. The Balaban J connectivity index is 1.75. The summed E-state index contributed by atoms with van der Waals surface area (Å²) in [5.41, 5.74) is 4.52. The third kappa shape index (κ3) is 4.55. The van der Waals surface area contributed by atoms with Crippen molar-refractivity contribution < 1.29 is 18.7 Å². The number of rotatable bonds is 7. The highest BCUT2D eigenvalue weighted by Crippen LogP contribution is 2.32. The van der Waals surface area contributed by atoms with Crippen LogP contribution in [-0.4, -0.2) is 20.7 Å². The van der Waals surface area contributed by atoms with E-state index in [-0.39, 0.29) is 25.0 Å². The van der Waals surface area contributed by atoms with Crippen LogP contribution in [0.2, 0.25) is 0 Å². The van der Waals surface area contributed by atoms with E-state index in [1.54, 1.807) is 18.3 Å². The van der Waals surface area contributed by atoms with Crippen LogP contribution in [0.4, 0.5) is 4.39 Å². The smallest absolute Gasteiger partial charge is 0.302 e. The molecule has 0 radical (unpaired) electrons. The van der Waals surface area contributed by atoms with Crippen LogP contribution in [0.3, 0.4) is 0 Å². The molecule has 4 aromatic rings. The Kier molecular flexibility index (Phi) is 5.93. The van der Waals surface area contributed by atoms with E-state index >= 15 is 0 Å². The summed E-state index contributed by atoms with van der Waals surface area (Å²) in [4.78, 5) is 11.4. The molecular formula is C24H22FN3O3. The maximum Gasteiger partial charge on any atom is 0.302 e. The van der Waals surface area contributed by atoms with E-state index in [1.807, 2.05) is 37.3 Å². The molecule has 158 valence electrons. The third-order valence-corrected chi connectivity index (χ3v) is 5.12. The van der Waals surface area contributed by atoms with Gasteiger partial charge in [-0.05, 0) is 30.2 Å². The first kappa shape index (κ1) is 20.5. The number of hydrogen-bond donors (Lipinski definition) is 0. The van der Waals surface area contributed by atoms with E-state index in [2.05, 4.69) is 14.8 Å². The number of halogens is 1. The van der Waals surface area contributed by atoms with Crippen molar-refractivity contribution in [2.24, 2.45) is 0 Å². The van der Waals surface area contributed by atoms with Gasteiger partial charge in [-0.1, -0.05) is 42.5 Å². The highest BCUT2D eigenvalue weighted by Gasteiger charge is 2.20. The molecule has 0 spiro atoms. The molecule has 31 heavy (non-hydrogen) atoms. The summed E-state index contributed by atoms with van der Waals surface area (Å²) in [6.45, 7) is 4.33. The summed E-state index contributed by atoms with van der Waals surface area (Å²) in [5.74, 6) is -0.277. The molecule has 0 saturated carbocycles. The number of benzene rings is 2. The molecule has 2 aromatic heterocycles. The SMILES string of the molecule is CC(=O)OCc1c(C)n(Cc2ccccc2)c2c(OCc3ccc(F)cc3)nncc12. The predicted octanol–water partition coefficient (Wildman–Crippen LogP) is 4.57. The molecule has 0 N–H and O–H groups in total. The molecule has 0 unspecified atom stereocenters. The average molecular weight is 419 g/mol. The molecule has 0 aliphatic heterocycles. The molecule has 2 heterocycles. The Hall–Kier alpha value is -3.74. The Morgan fingerprint density at radius 1 is 1.03 bits per heavy atom. The van der Waals surface area contributed by atoms with E-state index < -0.39 is 0 Å². The fourth-order valence-corrected chi connectivity index (χ4v) is 3.52. The molecule has 0 fully saturated rings. The zero-order chi connectivity index (χ0) is 21.8. The molecule has 0 aliphatic carbocycles. The minimum absolute atomic E-state index is 0.141. The molecule has 0 saturated heterocycles. The van der Waals surface area contributed by atoms with E-state index in [0.29, 0.717) is 12.4 Å². The summed E-state index contributed by atoms with van der Waals surface area (Å²) in [6, 6.07) is 16.2. The van der Waals surface area contributed by atoms with Gasteiger partial charge in [0.1, 0.15) is 24.5 Å². The normalized spacial score (nSPS) is 10.9. The number of ether oxygens (including phenoxy) is 2.